The highest BCUT2D eigenvalue weighted by Crippen LogP contribution is 2.32. The third kappa shape index (κ3) is 6.53. The first-order chi connectivity index (χ1) is 15.2. The van der Waals surface area contributed by atoms with Crippen molar-refractivity contribution < 1.29 is 15.3 Å². The second-order valence-corrected chi connectivity index (χ2v) is 7.92. The van der Waals surface area contributed by atoms with E-state index in [2.05, 4.69) is 0 Å². The molecule has 0 aromatic heterocycles. The minimum Gasteiger partial charge on any atom is -0.508 e. The lowest BCUT2D eigenvalue weighted by atomic mass is 9.92. The van der Waals surface area contributed by atoms with Gasteiger partial charge in [0.05, 0.1) is 0 Å². The van der Waals surface area contributed by atoms with Gasteiger partial charge in [-0.1, -0.05) is 57.5 Å². The van der Waals surface area contributed by atoms with Crippen LogP contribution in [0.5, 0.6) is 17.2 Å². The van der Waals surface area contributed by atoms with E-state index in [1.807, 2.05) is 86.6 Å². The Bertz CT molecular complexity index is 968. The summed E-state index contributed by atoms with van der Waals surface area (Å²) in [6.45, 7) is 17.8. The first-order valence-electron chi connectivity index (χ1n) is 11.5. The van der Waals surface area contributed by atoms with Gasteiger partial charge in [-0.15, -0.1) is 0 Å². The zero-order valence-electron chi connectivity index (χ0n) is 21.2. The number of hydrogen-bond donors (Lipinski definition) is 3. The van der Waals surface area contributed by atoms with E-state index in [1.165, 1.54) is 0 Å². The van der Waals surface area contributed by atoms with Crippen LogP contribution in [0.1, 0.15) is 77.8 Å². The third-order valence-electron chi connectivity index (χ3n) is 5.48. The van der Waals surface area contributed by atoms with Crippen LogP contribution in [0.25, 0.3) is 0 Å². The predicted octanol–water partition coefficient (Wildman–Crippen LogP) is 7.58. The molecule has 3 nitrogen and oxygen atoms in total. The van der Waals surface area contributed by atoms with Crippen LogP contribution in [0.15, 0.2) is 36.4 Å². The van der Waals surface area contributed by atoms with Crippen molar-refractivity contribution in [3.8, 4) is 17.2 Å². The average Bonchev–Trinajstić information content (AvgIpc) is 2.76. The molecule has 3 heteroatoms. The summed E-state index contributed by atoms with van der Waals surface area (Å²) in [5.74, 6) is 0.919. The van der Waals surface area contributed by atoms with Gasteiger partial charge in [-0.3, -0.25) is 0 Å². The number of rotatable bonds is 4. The Labute approximate surface area is 194 Å². The molecule has 0 unspecified atom stereocenters. The molecule has 0 fully saturated rings. The van der Waals surface area contributed by atoms with Crippen molar-refractivity contribution in [1.82, 2.24) is 0 Å². The number of aryl methyl sites for hydroxylation is 5. The molecule has 0 saturated carbocycles. The molecule has 0 heterocycles. The molecule has 0 saturated heterocycles. The van der Waals surface area contributed by atoms with Crippen molar-refractivity contribution in [3.05, 3.63) is 86.5 Å². The first kappa shape index (κ1) is 27.1. The summed E-state index contributed by atoms with van der Waals surface area (Å²) in [7, 11) is 0. The monoisotopic (exact) mass is 436 g/mol. The van der Waals surface area contributed by atoms with Crippen LogP contribution in [0.3, 0.4) is 0 Å². The Hall–Kier alpha value is -2.94. The molecule has 32 heavy (non-hydrogen) atoms. The second-order valence-electron chi connectivity index (χ2n) is 7.92. The van der Waals surface area contributed by atoms with Crippen molar-refractivity contribution in [2.45, 2.75) is 75.2 Å². The van der Waals surface area contributed by atoms with Crippen LogP contribution in [0, 0.1) is 34.6 Å². The van der Waals surface area contributed by atoms with Crippen molar-refractivity contribution in [2.75, 3.05) is 0 Å². The molecule has 0 aliphatic carbocycles. The van der Waals surface area contributed by atoms with E-state index in [-0.39, 0.29) is 0 Å². The van der Waals surface area contributed by atoms with Gasteiger partial charge >= 0.3 is 0 Å². The number of hydrogen-bond acceptors (Lipinski definition) is 3. The molecule has 3 N–H and O–H groups in total. The van der Waals surface area contributed by atoms with Crippen molar-refractivity contribution >= 4 is 0 Å². The van der Waals surface area contributed by atoms with E-state index in [4.69, 9.17) is 0 Å². The zero-order valence-corrected chi connectivity index (χ0v) is 21.2. The smallest absolute Gasteiger partial charge is 0.122 e. The first-order valence-corrected chi connectivity index (χ1v) is 11.5. The van der Waals surface area contributed by atoms with E-state index in [1.54, 1.807) is 12.1 Å². The maximum absolute atomic E-state index is 11.0. The summed E-state index contributed by atoms with van der Waals surface area (Å²) in [5, 5.41) is 30.8. The molecular weight excluding hydrogens is 396 g/mol. The molecule has 0 aliphatic heterocycles. The number of phenols is 3. The maximum atomic E-state index is 11.0. The highest BCUT2D eigenvalue weighted by molar-refractivity contribution is 5.51. The summed E-state index contributed by atoms with van der Waals surface area (Å²) in [5.41, 5.74) is 8.76. The summed E-state index contributed by atoms with van der Waals surface area (Å²) in [6, 6.07) is 11.6. The highest BCUT2D eigenvalue weighted by atomic mass is 16.3. The molecule has 0 aliphatic rings. The van der Waals surface area contributed by atoms with Crippen LogP contribution in [-0.2, 0) is 12.8 Å². The molecule has 3 aromatic carbocycles. The summed E-state index contributed by atoms with van der Waals surface area (Å²) >= 11 is 0. The molecule has 0 spiro atoms. The molecule has 0 bridgehead atoms. The maximum Gasteiger partial charge on any atom is 0.122 e. The molecule has 0 amide bonds. The van der Waals surface area contributed by atoms with Crippen LogP contribution < -0.4 is 0 Å². The average molecular weight is 437 g/mol. The lowest BCUT2D eigenvalue weighted by Gasteiger charge is -2.15. The number of benzene rings is 3. The second kappa shape index (κ2) is 12.2. The fourth-order valence-corrected chi connectivity index (χ4v) is 3.72. The Kier molecular flexibility index (Phi) is 10.3. The van der Waals surface area contributed by atoms with Crippen molar-refractivity contribution in [2.24, 2.45) is 0 Å². The van der Waals surface area contributed by atoms with Gasteiger partial charge in [0.25, 0.3) is 0 Å². The Morgan fingerprint density at radius 3 is 1.16 bits per heavy atom. The number of phenolic OH excluding ortho intramolecular Hbond substituents is 3. The lowest BCUT2D eigenvalue weighted by Crippen LogP contribution is -1.99. The van der Waals surface area contributed by atoms with E-state index in [9.17, 15) is 15.3 Å². The molecule has 0 radical (unpaired) electrons. The highest BCUT2D eigenvalue weighted by Gasteiger charge is 2.14. The molecular formula is C29H40O3. The van der Waals surface area contributed by atoms with Gasteiger partial charge < -0.3 is 15.3 Å². The normalized spacial score (nSPS) is 10.0. The van der Waals surface area contributed by atoms with Gasteiger partial charge in [-0.2, -0.15) is 0 Å². The van der Waals surface area contributed by atoms with Gasteiger partial charge in [0.2, 0.25) is 0 Å². The quantitative estimate of drug-likeness (QED) is 0.395. The topological polar surface area (TPSA) is 60.7 Å². The van der Waals surface area contributed by atoms with Crippen LogP contribution >= 0.6 is 0 Å². The van der Waals surface area contributed by atoms with Crippen molar-refractivity contribution in [1.29, 1.82) is 0 Å². The fraction of sp³-hybridized carbons (Fsp3) is 0.379. The van der Waals surface area contributed by atoms with Gasteiger partial charge in [0, 0.05) is 12.8 Å². The van der Waals surface area contributed by atoms with Gasteiger partial charge in [0.1, 0.15) is 17.2 Å². The van der Waals surface area contributed by atoms with Crippen LogP contribution in [-0.4, -0.2) is 15.3 Å². The SMILES string of the molecule is CC.CC.Cc1cc(Cc2cc(C)c(O)cc2C)c(O)c(Cc2cc(C)c(O)cc2C)c1. The van der Waals surface area contributed by atoms with Crippen LogP contribution in [0.4, 0.5) is 0 Å². The van der Waals surface area contributed by atoms with E-state index < -0.39 is 0 Å². The van der Waals surface area contributed by atoms with E-state index in [0.717, 1.165) is 50.1 Å². The standard InChI is InChI=1S/C25H28O3.2C2H6/c1-14-6-21(12-19-8-17(4)23(26)10-15(19)2)25(28)22(7-14)13-20-9-18(5)24(27)11-16(20)3;2*1-2/h6-11,26-28H,12-13H2,1-5H3;2*1-2H3. The molecule has 174 valence electrons. The lowest BCUT2D eigenvalue weighted by molar-refractivity contribution is 0.463. The number of aromatic hydroxyl groups is 3. The van der Waals surface area contributed by atoms with E-state index in [0.29, 0.717) is 30.1 Å². The van der Waals surface area contributed by atoms with Crippen molar-refractivity contribution in [3.63, 3.8) is 0 Å². The Morgan fingerprint density at radius 2 is 0.812 bits per heavy atom. The summed E-state index contributed by atoms with van der Waals surface area (Å²) in [6.07, 6.45) is 1.22. The predicted molar refractivity (Wildman–Crippen MR) is 136 cm³/mol. The zero-order chi connectivity index (χ0) is 24.6. The Balaban J connectivity index is 0.00000121. The molecule has 3 rings (SSSR count). The molecule has 3 aromatic rings. The largest absolute Gasteiger partial charge is 0.508 e. The van der Waals surface area contributed by atoms with Gasteiger partial charge in [-0.25, -0.2) is 0 Å². The van der Waals surface area contributed by atoms with Gasteiger partial charge in [-0.05, 0) is 91.3 Å². The Morgan fingerprint density at radius 1 is 0.469 bits per heavy atom. The molecule has 0 atom stereocenters. The van der Waals surface area contributed by atoms with E-state index >= 15 is 0 Å². The third-order valence-corrected chi connectivity index (χ3v) is 5.48. The summed E-state index contributed by atoms with van der Waals surface area (Å²) in [4.78, 5) is 0. The minimum absolute atomic E-state index is 0.300. The fourth-order valence-electron chi connectivity index (χ4n) is 3.72. The van der Waals surface area contributed by atoms with Crippen LogP contribution in [0.2, 0.25) is 0 Å². The minimum atomic E-state index is 0.300. The van der Waals surface area contributed by atoms with Gasteiger partial charge in [0.15, 0.2) is 0 Å². The summed E-state index contributed by atoms with van der Waals surface area (Å²) < 4.78 is 0.